The van der Waals surface area contributed by atoms with E-state index in [0.717, 1.165) is 25.8 Å². The maximum atomic E-state index is 12.5. The lowest BCUT2D eigenvalue weighted by atomic mass is 9.78. The van der Waals surface area contributed by atoms with E-state index in [1.165, 1.54) is 37.5 Å². The summed E-state index contributed by atoms with van der Waals surface area (Å²) >= 11 is 5.74. The number of carbonyl (C=O) groups excluding carboxylic acids is 2. The van der Waals surface area contributed by atoms with Gasteiger partial charge in [-0.2, -0.15) is 0 Å². The van der Waals surface area contributed by atoms with Crippen LogP contribution in [-0.4, -0.2) is 41.1 Å². The van der Waals surface area contributed by atoms with Crippen molar-refractivity contribution >= 4 is 23.5 Å². The van der Waals surface area contributed by atoms with Crippen LogP contribution in [0.15, 0.2) is 18.2 Å². The Hall–Kier alpha value is -1.75. The molecule has 2 aliphatic rings. The zero-order valence-corrected chi connectivity index (χ0v) is 14.3. The number of ether oxygens (including phenoxy) is 1. The minimum Gasteiger partial charge on any atom is -0.507 e. The van der Waals surface area contributed by atoms with Gasteiger partial charge in [0, 0.05) is 17.6 Å². The average molecular weight is 352 g/mol. The third kappa shape index (κ3) is 3.66. The van der Waals surface area contributed by atoms with Gasteiger partial charge in [-0.1, -0.05) is 24.4 Å². The summed E-state index contributed by atoms with van der Waals surface area (Å²) in [4.78, 5) is 26.4. The minimum absolute atomic E-state index is 0.0152. The van der Waals surface area contributed by atoms with Crippen LogP contribution in [0, 0.1) is 5.92 Å². The molecule has 1 N–H and O–H groups in total. The molecule has 0 spiro atoms. The molecule has 0 unspecified atom stereocenters. The van der Waals surface area contributed by atoms with Gasteiger partial charge in [0.2, 0.25) is 0 Å². The highest BCUT2D eigenvalue weighted by Gasteiger charge is 2.35. The molecule has 2 fully saturated rings. The van der Waals surface area contributed by atoms with Crippen LogP contribution < -0.4 is 0 Å². The molecule has 130 valence electrons. The molecule has 1 aromatic rings. The van der Waals surface area contributed by atoms with Crippen molar-refractivity contribution in [3.63, 3.8) is 0 Å². The van der Waals surface area contributed by atoms with Crippen molar-refractivity contribution in [1.29, 1.82) is 0 Å². The summed E-state index contributed by atoms with van der Waals surface area (Å²) in [5, 5.41) is 10.1. The first-order valence-electron chi connectivity index (χ1n) is 8.51. The smallest absolute Gasteiger partial charge is 0.342 e. The topological polar surface area (TPSA) is 66.8 Å². The van der Waals surface area contributed by atoms with E-state index in [1.807, 2.05) is 4.90 Å². The second-order valence-electron chi connectivity index (χ2n) is 6.58. The van der Waals surface area contributed by atoms with Crippen LogP contribution in [0.3, 0.4) is 0 Å². The summed E-state index contributed by atoms with van der Waals surface area (Å²) in [6.45, 7) is 0.452. The zero-order chi connectivity index (χ0) is 17.1. The average Bonchev–Trinajstić information content (AvgIpc) is 2.59. The fourth-order valence-corrected chi connectivity index (χ4v) is 4.07. The molecular formula is C18H22ClNO4. The number of piperidine rings is 1. The summed E-state index contributed by atoms with van der Waals surface area (Å²) in [6.07, 6.45) is 6.83. The normalized spacial score (nSPS) is 23.5. The van der Waals surface area contributed by atoms with Crippen molar-refractivity contribution in [3.8, 4) is 5.75 Å². The molecular weight excluding hydrogens is 330 g/mol. The number of fused-ring (bicyclic) bond motifs is 1. The Kier molecular flexibility index (Phi) is 5.29. The van der Waals surface area contributed by atoms with Gasteiger partial charge >= 0.3 is 5.97 Å². The predicted octanol–water partition coefficient (Wildman–Crippen LogP) is 3.38. The zero-order valence-electron chi connectivity index (χ0n) is 13.5. The van der Waals surface area contributed by atoms with Gasteiger partial charge in [-0.25, -0.2) is 4.79 Å². The number of carbonyl (C=O) groups is 2. The van der Waals surface area contributed by atoms with E-state index in [2.05, 4.69) is 0 Å². The van der Waals surface area contributed by atoms with E-state index in [1.54, 1.807) is 0 Å². The van der Waals surface area contributed by atoms with Gasteiger partial charge in [0.05, 0.1) is 0 Å². The van der Waals surface area contributed by atoms with Crippen LogP contribution in [0.25, 0.3) is 0 Å². The number of nitrogens with zero attached hydrogens (tertiary/aromatic N) is 1. The summed E-state index contributed by atoms with van der Waals surface area (Å²) < 4.78 is 5.11. The number of aromatic hydroxyl groups is 1. The van der Waals surface area contributed by atoms with Gasteiger partial charge in [0.25, 0.3) is 5.91 Å². The van der Waals surface area contributed by atoms with Crippen molar-refractivity contribution in [2.24, 2.45) is 5.92 Å². The second kappa shape index (κ2) is 7.43. The van der Waals surface area contributed by atoms with Gasteiger partial charge in [-0.05, 0) is 49.8 Å². The minimum atomic E-state index is -0.713. The number of esters is 1. The number of hydrogen-bond acceptors (Lipinski definition) is 4. The third-order valence-corrected chi connectivity index (χ3v) is 5.31. The largest absolute Gasteiger partial charge is 0.507 e. The third-order valence-electron chi connectivity index (χ3n) is 5.07. The van der Waals surface area contributed by atoms with Crippen molar-refractivity contribution in [3.05, 3.63) is 28.8 Å². The summed E-state index contributed by atoms with van der Waals surface area (Å²) in [5.74, 6) is -0.513. The number of benzene rings is 1. The Morgan fingerprint density at radius 2 is 1.96 bits per heavy atom. The molecule has 0 aromatic heterocycles. The quantitative estimate of drug-likeness (QED) is 0.848. The molecule has 0 bridgehead atoms. The summed E-state index contributed by atoms with van der Waals surface area (Å²) in [7, 11) is 0. The van der Waals surface area contributed by atoms with Gasteiger partial charge < -0.3 is 14.7 Å². The Morgan fingerprint density at radius 3 is 2.75 bits per heavy atom. The fraction of sp³-hybridized carbons (Fsp3) is 0.556. The number of phenols is 1. The van der Waals surface area contributed by atoms with Crippen LogP contribution >= 0.6 is 11.6 Å². The Morgan fingerprint density at radius 1 is 1.21 bits per heavy atom. The molecule has 1 aromatic carbocycles. The summed E-state index contributed by atoms with van der Waals surface area (Å²) in [6, 6.07) is 4.46. The molecule has 3 rings (SSSR count). The van der Waals surface area contributed by atoms with E-state index < -0.39 is 5.97 Å². The molecule has 6 heteroatoms. The molecule has 1 aliphatic heterocycles. The van der Waals surface area contributed by atoms with Gasteiger partial charge in [-0.15, -0.1) is 0 Å². The van der Waals surface area contributed by atoms with Gasteiger partial charge in [0.1, 0.15) is 11.3 Å². The van der Waals surface area contributed by atoms with Gasteiger partial charge in [-0.3, -0.25) is 4.79 Å². The first-order valence-corrected chi connectivity index (χ1v) is 8.89. The number of likely N-dealkylation sites (tertiary alicyclic amines) is 1. The molecule has 24 heavy (non-hydrogen) atoms. The number of hydrogen-bond donors (Lipinski definition) is 1. The molecule has 1 aliphatic carbocycles. The van der Waals surface area contributed by atoms with Crippen molar-refractivity contribution in [2.45, 2.75) is 44.6 Å². The van der Waals surface area contributed by atoms with E-state index in [0.29, 0.717) is 17.0 Å². The highest BCUT2D eigenvalue weighted by atomic mass is 35.5. The van der Waals surface area contributed by atoms with E-state index in [4.69, 9.17) is 16.3 Å². The fourth-order valence-electron chi connectivity index (χ4n) is 3.90. The maximum Gasteiger partial charge on any atom is 0.342 e. The lowest BCUT2D eigenvalue weighted by Crippen LogP contribution is -2.50. The molecule has 2 atom stereocenters. The maximum absolute atomic E-state index is 12.5. The molecule has 0 radical (unpaired) electrons. The Balaban J connectivity index is 1.59. The van der Waals surface area contributed by atoms with E-state index >= 15 is 0 Å². The Labute approximate surface area is 146 Å². The highest BCUT2D eigenvalue weighted by molar-refractivity contribution is 6.30. The van der Waals surface area contributed by atoms with Crippen molar-refractivity contribution < 1.29 is 19.4 Å². The number of amides is 1. The van der Waals surface area contributed by atoms with Crippen LogP contribution in [0.5, 0.6) is 5.75 Å². The van der Waals surface area contributed by atoms with Crippen LogP contribution in [0.2, 0.25) is 5.02 Å². The molecule has 1 heterocycles. The lowest BCUT2D eigenvalue weighted by Gasteiger charge is -2.44. The van der Waals surface area contributed by atoms with E-state index in [9.17, 15) is 14.7 Å². The van der Waals surface area contributed by atoms with Crippen LogP contribution in [-0.2, 0) is 9.53 Å². The monoisotopic (exact) mass is 351 g/mol. The van der Waals surface area contributed by atoms with E-state index in [-0.39, 0.29) is 23.8 Å². The standard InChI is InChI=1S/C18H22ClNO4/c19-13-7-8-14(16(21)10-13)18(23)24-11-17(22)20-9-3-5-12-4-1-2-6-15(12)20/h7-8,10,12,15,21H,1-6,9,11H2/t12-,15+/m0/s1. The lowest BCUT2D eigenvalue weighted by molar-refractivity contribution is -0.140. The van der Waals surface area contributed by atoms with Crippen LogP contribution in [0.4, 0.5) is 0 Å². The second-order valence-corrected chi connectivity index (χ2v) is 7.02. The molecule has 1 saturated carbocycles. The first kappa shape index (κ1) is 17.1. The Bertz CT molecular complexity index is 631. The molecule has 5 nitrogen and oxygen atoms in total. The van der Waals surface area contributed by atoms with Crippen molar-refractivity contribution in [1.82, 2.24) is 4.90 Å². The predicted molar refractivity (Wildman–Crippen MR) is 90.1 cm³/mol. The number of phenolic OH excluding ortho intramolecular Hbond substituents is 1. The molecule has 1 amide bonds. The number of rotatable bonds is 3. The van der Waals surface area contributed by atoms with Gasteiger partial charge in [0.15, 0.2) is 6.61 Å². The SMILES string of the molecule is O=C(OCC(=O)N1CCC[C@@H]2CCCC[C@H]21)c1ccc(Cl)cc1O. The molecule has 1 saturated heterocycles. The summed E-state index contributed by atoms with van der Waals surface area (Å²) in [5.41, 5.74) is 0.0152. The number of halogens is 1. The van der Waals surface area contributed by atoms with Crippen molar-refractivity contribution in [2.75, 3.05) is 13.2 Å². The van der Waals surface area contributed by atoms with Crippen LogP contribution in [0.1, 0.15) is 48.9 Å². The highest BCUT2D eigenvalue weighted by Crippen LogP contribution is 2.35. The first-order chi connectivity index (χ1) is 11.6.